The summed E-state index contributed by atoms with van der Waals surface area (Å²) in [6, 6.07) is 7.38. The molecule has 0 aliphatic carbocycles. The molecule has 0 aromatic heterocycles. The number of benzene rings is 1. The highest BCUT2D eigenvalue weighted by molar-refractivity contribution is 5.95. The van der Waals surface area contributed by atoms with Crippen molar-refractivity contribution in [3.8, 4) is 0 Å². The molecule has 0 saturated carbocycles. The van der Waals surface area contributed by atoms with Crippen molar-refractivity contribution in [2.45, 2.75) is 6.04 Å². The van der Waals surface area contributed by atoms with Crippen molar-refractivity contribution in [1.82, 2.24) is 4.90 Å². The van der Waals surface area contributed by atoms with E-state index in [-0.39, 0.29) is 18.6 Å². The van der Waals surface area contributed by atoms with Crippen LogP contribution >= 0.6 is 0 Å². The van der Waals surface area contributed by atoms with Crippen molar-refractivity contribution >= 4 is 11.7 Å². The minimum atomic E-state index is -0.341. The van der Waals surface area contributed by atoms with Crippen LogP contribution in [0.5, 0.6) is 0 Å². The molecule has 0 bridgehead atoms. The lowest BCUT2D eigenvalue weighted by atomic mass is 10.1. The number of methoxy groups -OCH3 is 1. The number of hydrogen-bond donors (Lipinski definition) is 1. The molecule has 1 saturated heterocycles. The Morgan fingerprint density at radius 2 is 2.16 bits per heavy atom. The van der Waals surface area contributed by atoms with Gasteiger partial charge in [0.25, 0.3) is 0 Å². The first-order valence-electron chi connectivity index (χ1n) is 6.40. The SMILES string of the molecule is COC(=O)c1ccccc1N1CCN(C)CC1CO. The molecule has 1 unspecified atom stereocenters. The lowest BCUT2D eigenvalue weighted by Gasteiger charge is -2.41. The topological polar surface area (TPSA) is 53.0 Å². The number of esters is 1. The van der Waals surface area contributed by atoms with E-state index in [0.29, 0.717) is 5.56 Å². The summed E-state index contributed by atoms with van der Waals surface area (Å²) in [6.45, 7) is 2.55. The summed E-state index contributed by atoms with van der Waals surface area (Å²) < 4.78 is 4.82. The largest absolute Gasteiger partial charge is 0.465 e. The van der Waals surface area contributed by atoms with Gasteiger partial charge in [0.05, 0.1) is 31.0 Å². The van der Waals surface area contributed by atoms with Crippen molar-refractivity contribution in [3.63, 3.8) is 0 Å². The first-order chi connectivity index (χ1) is 9.17. The molecule has 1 N–H and O–H groups in total. The third kappa shape index (κ3) is 2.88. The Labute approximate surface area is 113 Å². The summed E-state index contributed by atoms with van der Waals surface area (Å²) >= 11 is 0. The van der Waals surface area contributed by atoms with Crippen molar-refractivity contribution in [1.29, 1.82) is 0 Å². The lowest BCUT2D eigenvalue weighted by molar-refractivity contribution is 0.0601. The van der Waals surface area contributed by atoms with Crippen LogP contribution in [0, 0.1) is 0 Å². The number of nitrogens with zero attached hydrogens (tertiary/aromatic N) is 2. The molecule has 1 aromatic carbocycles. The molecule has 1 atom stereocenters. The number of ether oxygens (including phenoxy) is 1. The number of aliphatic hydroxyl groups is 1. The summed E-state index contributed by atoms with van der Waals surface area (Å²) in [5, 5.41) is 9.54. The first kappa shape index (κ1) is 13.8. The predicted molar refractivity (Wildman–Crippen MR) is 73.5 cm³/mol. The Balaban J connectivity index is 2.32. The van der Waals surface area contributed by atoms with E-state index < -0.39 is 0 Å². The Bertz CT molecular complexity index is 450. The Hall–Kier alpha value is -1.59. The minimum Gasteiger partial charge on any atom is -0.465 e. The van der Waals surface area contributed by atoms with Gasteiger partial charge in [0.2, 0.25) is 0 Å². The average Bonchev–Trinajstić information content (AvgIpc) is 2.46. The Morgan fingerprint density at radius 1 is 1.42 bits per heavy atom. The van der Waals surface area contributed by atoms with E-state index in [0.717, 1.165) is 25.3 Å². The number of carbonyl (C=O) groups excluding carboxylic acids is 1. The maximum Gasteiger partial charge on any atom is 0.339 e. The molecule has 1 aliphatic rings. The van der Waals surface area contributed by atoms with E-state index in [4.69, 9.17) is 4.74 Å². The summed E-state index contributed by atoms with van der Waals surface area (Å²) in [5.41, 5.74) is 1.38. The lowest BCUT2D eigenvalue weighted by Crippen LogP contribution is -2.54. The summed E-state index contributed by atoms with van der Waals surface area (Å²) in [6.07, 6.45) is 0. The van der Waals surface area contributed by atoms with Gasteiger partial charge in [-0.25, -0.2) is 4.79 Å². The monoisotopic (exact) mass is 264 g/mol. The summed E-state index contributed by atoms with van der Waals surface area (Å²) in [7, 11) is 3.42. The third-order valence-electron chi connectivity index (χ3n) is 3.52. The van der Waals surface area contributed by atoms with Crippen LogP contribution in [-0.4, -0.2) is 62.4 Å². The van der Waals surface area contributed by atoms with Gasteiger partial charge in [-0.15, -0.1) is 0 Å². The predicted octanol–water partition coefficient (Wildman–Crippen LogP) is 0.586. The van der Waals surface area contributed by atoms with Crippen LogP contribution in [0.2, 0.25) is 0 Å². The number of anilines is 1. The number of carbonyl (C=O) groups is 1. The van der Waals surface area contributed by atoms with Crippen LogP contribution in [0.1, 0.15) is 10.4 Å². The third-order valence-corrected chi connectivity index (χ3v) is 3.52. The number of para-hydroxylation sites is 1. The van der Waals surface area contributed by atoms with Gasteiger partial charge in [-0.05, 0) is 19.2 Å². The van der Waals surface area contributed by atoms with E-state index in [1.54, 1.807) is 6.07 Å². The van der Waals surface area contributed by atoms with Crippen molar-refractivity contribution in [2.24, 2.45) is 0 Å². The number of aliphatic hydroxyl groups excluding tert-OH is 1. The number of piperazine rings is 1. The van der Waals surface area contributed by atoms with Crippen LogP contribution in [0.4, 0.5) is 5.69 Å². The second-order valence-corrected chi connectivity index (χ2v) is 4.80. The Kier molecular flexibility index (Phi) is 4.39. The van der Waals surface area contributed by atoms with Crippen LogP contribution < -0.4 is 4.90 Å². The molecule has 1 heterocycles. The van der Waals surface area contributed by atoms with Gasteiger partial charge in [-0.1, -0.05) is 12.1 Å². The molecule has 19 heavy (non-hydrogen) atoms. The fourth-order valence-corrected chi connectivity index (χ4v) is 2.49. The van der Waals surface area contributed by atoms with E-state index >= 15 is 0 Å². The zero-order valence-corrected chi connectivity index (χ0v) is 11.4. The molecule has 5 heteroatoms. The summed E-state index contributed by atoms with van der Waals surface area (Å²) in [5.74, 6) is -0.341. The van der Waals surface area contributed by atoms with Gasteiger partial charge in [0, 0.05) is 19.6 Å². The number of rotatable bonds is 3. The quantitative estimate of drug-likeness (QED) is 0.810. The molecular formula is C14H20N2O3. The highest BCUT2D eigenvalue weighted by atomic mass is 16.5. The zero-order chi connectivity index (χ0) is 13.8. The molecule has 0 amide bonds. The molecule has 1 aromatic rings. The second-order valence-electron chi connectivity index (χ2n) is 4.80. The van der Waals surface area contributed by atoms with Gasteiger partial charge in [-0.3, -0.25) is 0 Å². The van der Waals surface area contributed by atoms with Crippen LogP contribution in [0.25, 0.3) is 0 Å². The first-order valence-corrected chi connectivity index (χ1v) is 6.40. The molecule has 1 fully saturated rings. The van der Waals surface area contributed by atoms with Crippen LogP contribution in [0.3, 0.4) is 0 Å². The minimum absolute atomic E-state index is 0.00422. The number of hydrogen-bond acceptors (Lipinski definition) is 5. The highest BCUT2D eigenvalue weighted by Crippen LogP contribution is 2.25. The summed E-state index contributed by atoms with van der Waals surface area (Å²) in [4.78, 5) is 16.1. The fourth-order valence-electron chi connectivity index (χ4n) is 2.49. The van der Waals surface area contributed by atoms with E-state index in [1.807, 2.05) is 25.2 Å². The van der Waals surface area contributed by atoms with Crippen LogP contribution in [0.15, 0.2) is 24.3 Å². The van der Waals surface area contributed by atoms with Gasteiger partial charge in [0.1, 0.15) is 0 Å². The van der Waals surface area contributed by atoms with E-state index in [1.165, 1.54) is 7.11 Å². The maximum atomic E-state index is 11.8. The normalized spacial score (nSPS) is 20.4. The molecular weight excluding hydrogens is 244 g/mol. The Morgan fingerprint density at radius 3 is 2.84 bits per heavy atom. The average molecular weight is 264 g/mol. The van der Waals surface area contributed by atoms with Crippen LogP contribution in [-0.2, 0) is 4.74 Å². The molecule has 0 radical (unpaired) electrons. The maximum absolute atomic E-state index is 11.8. The molecule has 5 nitrogen and oxygen atoms in total. The van der Waals surface area contributed by atoms with Gasteiger partial charge in [0.15, 0.2) is 0 Å². The number of likely N-dealkylation sites (N-methyl/N-ethyl adjacent to an activating group) is 1. The second kappa shape index (κ2) is 6.04. The standard InChI is InChI=1S/C14H20N2O3/c1-15-7-8-16(11(9-15)10-17)13-6-4-3-5-12(13)14(18)19-2/h3-6,11,17H,7-10H2,1-2H3. The van der Waals surface area contributed by atoms with Gasteiger partial charge < -0.3 is 19.6 Å². The molecule has 104 valence electrons. The zero-order valence-electron chi connectivity index (χ0n) is 11.4. The highest BCUT2D eigenvalue weighted by Gasteiger charge is 2.27. The molecule has 2 rings (SSSR count). The molecule has 1 aliphatic heterocycles. The van der Waals surface area contributed by atoms with Gasteiger partial charge in [-0.2, -0.15) is 0 Å². The van der Waals surface area contributed by atoms with E-state index in [2.05, 4.69) is 9.80 Å². The fraction of sp³-hybridized carbons (Fsp3) is 0.500. The van der Waals surface area contributed by atoms with Crippen molar-refractivity contribution < 1.29 is 14.6 Å². The molecule has 0 spiro atoms. The van der Waals surface area contributed by atoms with Gasteiger partial charge >= 0.3 is 5.97 Å². The van der Waals surface area contributed by atoms with Crippen molar-refractivity contribution in [2.75, 3.05) is 45.3 Å². The van der Waals surface area contributed by atoms with Crippen molar-refractivity contribution in [3.05, 3.63) is 29.8 Å². The van der Waals surface area contributed by atoms with E-state index in [9.17, 15) is 9.90 Å². The smallest absolute Gasteiger partial charge is 0.339 e.